The van der Waals surface area contributed by atoms with E-state index in [1.54, 1.807) is 6.20 Å². The SMILES string of the molecule is [Zn]=[C](/C=C\c1cc2nc3nc(nc4[nH]c(nc5nc(nc1[nH]2)-c1ccccc1-5)c1ccccc41)-c1ccccc1-3)Oc1ccccn1. The molecule has 0 amide bonds. The summed E-state index contributed by atoms with van der Waals surface area (Å²) in [5, 5.41) is 1.87. The van der Waals surface area contributed by atoms with Crippen LogP contribution in [0.1, 0.15) is 5.56 Å². The number of pyridine rings is 1. The number of benzene rings is 3. The maximum absolute atomic E-state index is 5.96. The van der Waals surface area contributed by atoms with Gasteiger partial charge in [0.2, 0.25) is 0 Å². The normalized spacial score (nSPS) is 11.9. The van der Waals surface area contributed by atoms with E-state index in [4.69, 9.17) is 34.6 Å². The molecule has 8 bridgehead atoms. The number of hydrogen-bond donors (Lipinski definition) is 2. The van der Waals surface area contributed by atoms with Crippen LogP contribution in [0.3, 0.4) is 0 Å². The fourth-order valence-electron chi connectivity index (χ4n) is 5.76. The Morgan fingerprint density at radius 2 is 1.11 bits per heavy atom. The standard InChI is InChI=1S/C36H21N9O.Zn/c1-2-12-23-22(11-1)31-39-28-20-21(10-9-19-46-29-17-7-8-18-37-29)30(38-28)40-32-24-13-3-4-14-25(24)34(42-32)44-36-27-16-6-5-15-26(27)35(45-36)43-33(23)41-31;/h1-18,20H,(H2,38,39,40,41,42,43,44,45);/b10-9-;. The molecular weight excluding hydrogens is 640 g/mol. The molecule has 2 N–H and O–H groups in total. The van der Waals surface area contributed by atoms with Crippen LogP contribution in [0.4, 0.5) is 0 Å². The Bertz CT molecular complexity index is 2590. The van der Waals surface area contributed by atoms with Crippen LogP contribution in [0, 0.1) is 0 Å². The van der Waals surface area contributed by atoms with Gasteiger partial charge in [-0.15, -0.1) is 0 Å². The second-order valence-corrected chi connectivity index (χ2v) is 12.4. The van der Waals surface area contributed by atoms with Crippen molar-refractivity contribution in [2.24, 2.45) is 0 Å². The van der Waals surface area contributed by atoms with E-state index in [1.165, 1.54) is 0 Å². The fraction of sp³-hybridized carbons (Fsp3) is 0. The van der Waals surface area contributed by atoms with E-state index in [0.717, 1.165) is 60.7 Å². The van der Waals surface area contributed by atoms with Crippen LogP contribution in [0.15, 0.2) is 109 Å². The van der Waals surface area contributed by atoms with E-state index in [-0.39, 0.29) is 0 Å². The molecule has 0 radical (unpaired) electrons. The van der Waals surface area contributed by atoms with Crippen LogP contribution in [-0.4, -0.2) is 49.1 Å². The second kappa shape index (κ2) is 11.1. The van der Waals surface area contributed by atoms with Crippen molar-refractivity contribution in [3.05, 3.63) is 115 Å². The Hall–Kier alpha value is -6.06. The molecule has 0 unspecified atom stereocenters. The minimum absolute atomic E-state index is 0.548. The quantitative estimate of drug-likeness (QED) is 0.195. The van der Waals surface area contributed by atoms with Gasteiger partial charge in [0, 0.05) is 5.39 Å². The molecule has 0 aliphatic carbocycles. The van der Waals surface area contributed by atoms with E-state index in [2.05, 4.69) is 15.0 Å². The third-order valence-electron chi connectivity index (χ3n) is 7.93. The zero-order chi connectivity index (χ0) is 31.3. The second-order valence-electron chi connectivity index (χ2n) is 11.0. The van der Waals surface area contributed by atoms with Crippen LogP contribution in [0.5, 0.6) is 5.88 Å². The molecule has 218 valence electrons. The molecule has 10 nitrogen and oxygen atoms in total. The first-order valence-corrected chi connectivity index (χ1v) is 16.4. The first kappa shape index (κ1) is 27.3. The number of aromatic amines is 2. The molecule has 4 aromatic heterocycles. The average molecular weight is 661 g/mol. The first-order chi connectivity index (χ1) is 23.2. The van der Waals surface area contributed by atoms with Gasteiger partial charge in [-0.1, -0.05) is 24.3 Å². The van der Waals surface area contributed by atoms with Crippen LogP contribution in [0.2, 0.25) is 0 Å². The predicted molar refractivity (Wildman–Crippen MR) is 177 cm³/mol. The van der Waals surface area contributed by atoms with Gasteiger partial charge in [-0.2, -0.15) is 0 Å². The number of aromatic nitrogens is 9. The maximum atomic E-state index is 5.96. The van der Waals surface area contributed by atoms with E-state index in [9.17, 15) is 0 Å². The van der Waals surface area contributed by atoms with E-state index < -0.39 is 0 Å². The first-order valence-electron chi connectivity index (χ1n) is 14.9. The summed E-state index contributed by atoms with van der Waals surface area (Å²) in [6.07, 6.45) is 5.60. The monoisotopic (exact) mass is 659 g/mol. The number of rotatable bonds is 4. The number of H-pyrrole nitrogens is 2. The average Bonchev–Trinajstić information content (AvgIpc) is 3.84. The molecule has 11 heteroatoms. The molecule has 0 atom stereocenters. The Labute approximate surface area is 276 Å². The summed E-state index contributed by atoms with van der Waals surface area (Å²) in [6, 6.07) is 31.5. The van der Waals surface area contributed by atoms with Gasteiger partial charge in [-0.25, -0.2) is 0 Å². The van der Waals surface area contributed by atoms with Crippen molar-refractivity contribution in [3.63, 3.8) is 0 Å². The van der Waals surface area contributed by atoms with Crippen molar-refractivity contribution < 1.29 is 22.6 Å². The minimum atomic E-state index is 0.548. The summed E-state index contributed by atoms with van der Waals surface area (Å²) in [7, 11) is 0. The molecule has 0 fully saturated rings. The summed E-state index contributed by atoms with van der Waals surface area (Å²) < 4.78 is 6.75. The number of nitrogens with zero attached hydrogens (tertiary/aromatic N) is 7. The van der Waals surface area contributed by atoms with Crippen molar-refractivity contribution in [3.8, 4) is 51.4 Å². The van der Waals surface area contributed by atoms with Crippen LogP contribution >= 0.6 is 0 Å². The topological polar surface area (TPSA) is 131 Å². The Morgan fingerprint density at radius 1 is 0.574 bits per heavy atom. The zero-order valence-electron chi connectivity index (χ0n) is 24.7. The van der Waals surface area contributed by atoms with Crippen molar-refractivity contribution in [2.45, 2.75) is 0 Å². The van der Waals surface area contributed by atoms with Crippen molar-refractivity contribution in [2.75, 3.05) is 0 Å². The molecule has 9 rings (SSSR count). The molecule has 0 spiro atoms. The molecule has 0 saturated carbocycles. The molecule has 2 aliphatic rings. The Morgan fingerprint density at radius 3 is 1.68 bits per heavy atom. The van der Waals surface area contributed by atoms with Crippen LogP contribution in [0.25, 0.3) is 85.0 Å². The number of ether oxygens (including phenoxy) is 1. The number of hydrogen-bond acceptors (Lipinski definition) is 8. The molecule has 3 aromatic carbocycles. The van der Waals surface area contributed by atoms with Gasteiger partial charge in [0.05, 0.1) is 0 Å². The predicted octanol–water partition coefficient (Wildman–Crippen LogP) is 6.88. The summed E-state index contributed by atoms with van der Waals surface area (Å²) in [6.45, 7) is 0. The van der Waals surface area contributed by atoms with Crippen LogP contribution in [-0.2, 0) is 17.9 Å². The summed E-state index contributed by atoms with van der Waals surface area (Å²) in [5.74, 6) is 2.79. The third-order valence-corrected chi connectivity index (χ3v) is 8.73. The molecule has 7 aromatic rings. The van der Waals surface area contributed by atoms with Crippen molar-refractivity contribution in [1.29, 1.82) is 0 Å². The van der Waals surface area contributed by atoms with Gasteiger partial charge in [-0.3, -0.25) is 0 Å². The van der Waals surface area contributed by atoms with Gasteiger partial charge in [0.15, 0.2) is 0 Å². The zero-order valence-corrected chi connectivity index (χ0v) is 27.7. The van der Waals surface area contributed by atoms with Gasteiger partial charge >= 0.3 is 248 Å². The molecule has 6 heterocycles. The van der Waals surface area contributed by atoms with Gasteiger partial charge < -0.3 is 0 Å². The van der Waals surface area contributed by atoms with E-state index in [1.807, 2.05) is 109 Å². The number of nitrogens with one attached hydrogen (secondary N) is 2. The van der Waals surface area contributed by atoms with Crippen molar-refractivity contribution in [1.82, 2.24) is 44.9 Å². The number of fused-ring (bicyclic) bond motifs is 17. The molecule has 47 heavy (non-hydrogen) atoms. The van der Waals surface area contributed by atoms with Crippen LogP contribution < -0.4 is 4.74 Å². The Balaban J connectivity index is 1.32. The van der Waals surface area contributed by atoms with Gasteiger partial charge in [0.25, 0.3) is 0 Å². The molecule has 2 aliphatic heterocycles. The summed E-state index contributed by atoms with van der Waals surface area (Å²) >= 11 is 0.797. The molecule has 0 saturated heterocycles. The summed E-state index contributed by atoms with van der Waals surface area (Å²) in [5.41, 5.74) is 6.92. The fourth-order valence-corrected chi connectivity index (χ4v) is 6.32. The van der Waals surface area contributed by atoms with E-state index >= 15 is 0 Å². The molecular formula is C36H21N9OZn. The Kier molecular flexibility index (Phi) is 6.43. The van der Waals surface area contributed by atoms with Crippen molar-refractivity contribution >= 4 is 43.7 Å². The van der Waals surface area contributed by atoms with E-state index in [0.29, 0.717) is 51.8 Å². The third kappa shape index (κ3) is 4.94. The van der Waals surface area contributed by atoms with Gasteiger partial charge in [-0.05, 0) is 0 Å². The van der Waals surface area contributed by atoms with Gasteiger partial charge in [0.1, 0.15) is 0 Å². The summed E-state index contributed by atoms with van der Waals surface area (Å²) in [4.78, 5) is 41.1.